The van der Waals surface area contributed by atoms with Crippen molar-refractivity contribution in [3.05, 3.63) is 58.7 Å². The molecule has 0 aliphatic carbocycles. The highest BCUT2D eigenvalue weighted by Crippen LogP contribution is 2.31. The van der Waals surface area contributed by atoms with Crippen molar-refractivity contribution < 1.29 is 4.74 Å². The van der Waals surface area contributed by atoms with Gasteiger partial charge in [-0.3, -0.25) is 0 Å². The maximum absolute atomic E-state index is 6.07. The summed E-state index contributed by atoms with van der Waals surface area (Å²) < 4.78 is 6.07. The Bertz CT molecular complexity index is 602. The van der Waals surface area contributed by atoms with Crippen LogP contribution in [-0.2, 0) is 6.54 Å². The lowest BCUT2D eigenvalue weighted by molar-refractivity contribution is 0.472. The van der Waals surface area contributed by atoms with Crippen LogP contribution in [0.1, 0.15) is 42.0 Å². The highest BCUT2D eigenvalue weighted by Gasteiger charge is 2.09. The number of hydrogen-bond donors (Lipinski definition) is 1. The third-order valence-electron chi connectivity index (χ3n) is 3.60. The number of aryl methyl sites for hydroxylation is 2. The van der Waals surface area contributed by atoms with E-state index in [-0.39, 0.29) is 0 Å². The van der Waals surface area contributed by atoms with Gasteiger partial charge in [-0.15, -0.1) is 0 Å². The second-order valence-corrected chi connectivity index (χ2v) is 5.54. The minimum absolute atomic E-state index is 0.486. The van der Waals surface area contributed by atoms with E-state index in [0.29, 0.717) is 12.5 Å². The minimum atomic E-state index is 0.486. The minimum Gasteiger partial charge on any atom is -0.457 e. The lowest BCUT2D eigenvalue weighted by atomic mass is 9.98. The zero-order valence-electron chi connectivity index (χ0n) is 12.7. The first-order valence-electron chi connectivity index (χ1n) is 7.10. The molecule has 2 nitrogen and oxygen atoms in total. The van der Waals surface area contributed by atoms with Gasteiger partial charge in [0, 0.05) is 12.1 Å². The van der Waals surface area contributed by atoms with E-state index in [0.717, 1.165) is 22.6 Å². The molecular formula is C18H23NO. The molecule has 0 aromatic heterocycles. The van der Waals surface area contributed by atoms with Gasteiger partial charge < -0.3 is 10.5 Å². The molecule has 0 aliphatic heterocycles. The molecule has 20 heavy (non-hydrogen) atoms. The molecule has 0 spiro atoms. The average molecular weight is 269 g/mol. The molecule has 2 heteroatoms. The Balaban J connectivity index is 2.34. The molecule has 0 saturated heterocycles. The van der Waals surface area contributed by atoms with Gasteiger partial charge in [-0.2, -0.15) is 0 Å². The number of hydrogen-bond acceptors (Lipinski definition) is 2. The number of para-hydroxylation sites is 1. The normalized spacial score (nSPS) is 10.9. The monoisotopic (exact) mass is 269 g/mol. The van der Waals surface area contributed by atoms with Crippen LogP contribution in [0.15, 0.2) is 36.4 Å². The van der Waals surface area contributed by atoms with Crippen LogP contribution in [0, 0.1) is 13.8 Å². The van der Waals surface area contributed by atoms with E-state index < -0.39 is 0 Å². The number of nitrogens with two attached hydrogens (primary N) is 1. The molecule has 0 bridgehead atoms. The van der Waals surface area contributed by atoms with E-state index in [4.69, 9.17) is 10.5 Å². The van der Waals surface area contributed by atoms with Crippen LogP contribution in [0.2, 0.25) is 0 Å². The van der Waals surface area contributed by atoms with Crippen LogP contribution < -0.4 is 10.5 Å². The van der Waals surface area contributed by atoms with Crippen LogP contribution >= 0.6 is 0 Å². The Kier molecular flexibility index (Phi) is 4.46. The largest absolute Gasteiger partial charge is 0.457 e. The summed E-state index contributed by atoms with van der Waals surface area (Å²) >= 11 is 0. The predicted octanol–water partition coefficient (Wildman–Crippen LogP) is 4.68. The summed E-state index contributed by atoms with van der Waals surface area (Å²) in [7, 11) is 0. The molecule has 0 unspecified atom stereocenters. The topological polar surface area (TPSA) is 35.2 Å². The summed E-state index contributed by atoms with van der Waals surface area (Å²) in [5.41, 5.74) is 10.6. The quantitative estimate of drug-likeness (QED) is 0.874. The summed E-state index contributed by atoms with van der Waals surface area (Å²) in [6.07, 6.45) is 0. The predicted molar refractivity (Wildman–Crippen MR) is 84.4 cm³/mol. The Morgan fingerprint density at radius 3 is 2.40 bits per heavy atom. The van der Waals surface area contributed by atoms with Gasteiger partial charge in [-0.05, 0) is 48.6 Å². The van der Waals surface area contributed by atoms with E-state index in [2.05, 4.69) is 32.9 Å². The first-order chi connectivity index (χ1) is 9.52. The third kappa shape index (κ3) is 3.02. The van der Waals surface area contributed by atoms with Crippen molar-refractivity contribution in [1.29, 1.82) is 0 Å². The van der Waals surface area contributed by atoms with Gasteiger partial charge in [-0.25, -0.2) is 0 Å². The van der Waals surface area contributed by atoms with Crippen LogP contribution in [0.4, 0.5) is 0 Å². The van der Waals surface area contributed by atoms with E-state index in [1.165, 1.54) is 11.1 Å². The van der Waals surface area contributed by atoms with Gasteiger partial charge >= 0.3 is 0 Å². The molecule has 2 aromatic rings. The highest BCUT2D eigenvalue weighted by atomic mass is 16.5. The van der Waals surface area contributed by atoms with Crippen LogP contribution in [0.5, 0.6) is 11.5 Å². The van der Waals surface area contributed by atoms with Gasteiger partial charge in [-0.1, -0.05) is 38.1 Å². The molecule has 2 rings (SSSR count). The lowest BCUT2D eigenvalue weighted by Crippen LogP contribution is -2.01. The Morgan fingerprint density at radius 1 is 1.05 bits per heavy atom. The Hall–Kier alpha value is -1.80. The van der Waals surface area contributed by atoms with Gasteiger partial charge in [0.05, 0.1) is 0 Å². The smallest absolute Gasteiger partial charge is 0.134 e. The third-order valence-corrected chi connectivity index (χ3v) is 3.60. The Labute approximate surface area is 121 Å². The lowest BCUT2D eigenvalue weighted by Gasteiger charge is -2.15. The second-order valence-electron chi connectivity index (χ2n) is 5.54. The fraction of sp³-hybridized carbons (Fsp3) is 0.333. The fourth-order valence-electron chi connectivity index (χ4n) is 2.50. The van der Waals surface area contributed by atoms with Crippen molar-refractivity contribution in [2.24, 2.45) is 5.73 Å². The standard InChI is InChI=1S/C18H23NO/c1-12(2)17-9-8-16(10-14(17)4)20-18-13(3)6-5-7-15(18)11-19/h5-10,12H,11,19H2,1-4H3. The summed E-state index contributed by atoms with van der Waals surface area (Å²) in [6, 6.07) is 12.4. The molecule has 2 aromatic carbocycles. The van der Waals surface area contributed by atoms with Crippen LogP contribution in [-0.4, -0.2) is 0 Å². The first kappa shape index (κ1) is 14.6. The van der Waals surface area contributed by atoms with Crippen molar-refractivity contribution in [3.63, 3.8) is 0 Å². The zero-order chi connectivity index (χ0) is 14.7. The maximum atomic E-state index is 6.07. The number of ether oxygens (including phenoxy) is 1. The molecule has 0 atom stereocenters. The molecule has 0 amide bonds. The summed E-state index contributed by atoms with van der Waals surface area (Å²) in [4.78, 5) is 0. The zero-order valence-corrected chi connectivity index (χ0v) is 12.7. The molecule has 0 saturated carbocycles. The van der Waals surface area contributed by atoms with Gasteiger partial charge in [0.1, 0.15) is 11.5 Å². The summed E-state index contributed by atoms with van der Waals surface area (Å²) in [6.45, 7) is 9.07. The van der Waals surface area contributed by atoms with Crippen molar-refractivity contribution in [1.82, 2.24) is 0 Å². The van der Waals surface area contributed by atoms with Crippen molar-refractivity contribution in [3.8, 4) is 11.5 Å². The van der Waals surface area contributed by atoms with E-state index >= 15 is 0 Å². The first-order valence-corrected chi connectivity index (χ1v) is 7.10. The van der Waals surface area contributed by atoms with Gasteiger partial charge in [0.15, 0.2) is 0 Å². The van der Waals surface area contributed by atoms with Crippen molar-refractivity contribution >= 4 is 0 Å². The van der Waals surface area contributed by atoms with Crippen molar-refractivity contribution in [2.45, 2.75) is 40.2 Å². The SMILES string of the molecule is Cc1cc(Oc2c(C)cccc2CN)ccc1C(C)C. The average Bonchev–Trinajstić information content (AvgIpc) is 2.40. The molecule has 0 aliphatic rings. The summed E-state index contributed by atoms with van der Waals surface area (Å²) in [5, 5.41) is 0. The molecule has 0 fully saturated rings. The van der Waals surface area contributed by atoms with Gasteiger partial charge in [0.25, 0.3) is 0 Å². The Morgan fingerprint density at radius 2 is 1.80 bits per heavy atom. The van der Waals surface area contributed by atoms with Gasteiger partial charge in [0.2, 0.25) is 0 Å². The molecule has 2 N–H and O–H groups in total. The van der Waals surface area contributed by atoms with E-state index in [1.54, 1.807) is 0 Å². The molecule has 0 radical (unpaired) electrons. The van der Waals surface area contributed by atoms with E-state index in [1.807, 2.05) is 31.2 Å². The number of rotatable bonds is 4. The molecule has 106 valence electrons. The molecular weight excluding hydrogens is 246 g/mol. The highest BCUT2D eigenvalue weighted by molar-refractivity contribution is 5.45. The fourth-order valence-corrected chi connectivity index (χ4v) is 2.50. The maximum Gasteiger partial charge on any atom is 0.134 e. The summed E-state index contributed by atoms with van der Waals surface area (Å²) in [5.74, 6) is 2.28. The van der Waals surface area contributed by atoms with Crippen LogP contribution in [0.3, 0.4) is 0 Å². The van der Waals surface area contributed by atoms with E-state index in [9.17, 15) is 0 Å². The molecule has 0 heterocycles. The van der Waals surface area contributed by atoms with Crippen molar-refractivity contribution in [2.75, 3.05) is 0 Å². The second kappa shape index (κ2) is 6.10. The van der Waals surface area contributed by atoms with Crippen LogP contribution in [0.25, 0.3) is 0 Å². The number of benzene rings is 2.